The average Bonchev–Trinajstić information content (AvgIpc) is 2.46. The van der Waals surface area contributed by atoms with Gasteiger partial charge in [-0.2, -0.15) is 0 Å². The Bertz CT molecular complexity index is 292. The van der Waals surface area contributed by atoms with Gasteiger partial charge in [-0.05, 0) is 45.7 Å². The van der Waals surface area contributed by atoms with Crippen LogP contribution in [0, 0.1) is 5.92 Å². The molecule has 2 atom stereocenters. The highest BCUT2D eigenvalue weighted by Crippen LogP contribution is 2.22. The molecule has 0 aromatic rings. The molecule has 2 unspecified atom stereocenters. The summed E-state index contributed by atoms with van der Waals surface area (Å²) in [4.78, 5) is 16.9. The van der Waals surface area contributed by atoms with Gasteiger partial charge in [0.1, 0.15) is 0 Å². The molecule has 2 saturated heterocycles. The van der Waals surface area contributed by atoms with E-state index < -0.39 is 0 Å². The molecule has 0 aliphatic carbocycles. The third-order valence-corrected chi connectivity index (χ3v) is 4.86. The zero-order chi connectivity index (χ0) is 13.8. The summed E-state index contributed by atoms with van der Waals surface area (Å²) in [5.74, 6) is 0.193. The van der Waals surface area contributed by atoms with Crippen LogP contribution in [0.15, 0.2) is 0 Å². The summed E-state index contributed by atoms with van der Waals surface area (Å²) in [6.45, 7) is 8.21. The van der Waals surface area contributed by atoms with E-state index in [4.69, 9.17) is 5.73 Å². The van der Waals surface area contributed by atoms with Gasteiger partial charge in [-0.1, -0.05) is 13.3 Å². The first kappa shape index (κ1) is 14.8. The topological polar surface area (TPSA) is 49.6 Å². The van der Waals surface area contributed by atoms with Crippen LogP contribution in [0.1, 0.15) is 46.0 Å². The van der Waals surface area contributed by atoms with Crippen LogP contribution in [0.3, 0.4) is 0 Å². The summed E-state index contributed by atoms with van der Waals surface area (Å²) >= 11 is 0. The lowest BCUT2D eigenvalue weighted by molar-refractivity contribution is -0.137. The van der Waals surface area contributed by atoms with E-state index in [2.05, 4.69) is 4.90 Å². The van der Waals surface area contributed by atoms with E-state index in [-0.39, 0.29) is 17.9 Å². The molecule has 2 heterocycles. The number of likely N-dealkylation sites (tertiary alicyclic amines) is 2. The van der Waals surface area contributed by atoms with Crippen molar-refractivity contribution in [3.05, 3.63) is 0 Å². The molecule has 0 spiro atoms. The van der Waals surface area contributed by atoms with E-state index in [0.29, 0.717) is 6.04 Å². The Morgan fingerprint density at radius 2 is 1.63 bits per heavy atom. The van der Waals surface area contributed by atoms with Crippen molar-refractivity contribution >= 4 is 5.91 Å². The average molecular weight is 267 g/mol. The molecular formula is C15H29N3O. The Labute approximate surface area is 117 Å². The molecule has 0 saturated carbocycles. The second kappa shape index (κ2) is 6.71. The Hall–Kier alpha value is -0.610. The van der Waals surface area contributed by atoms with E-state index in [0.717, 1.165) is 25.9 Å². The number of nitrogens with zero attached hydrogens (tertiary/aromatic N) is 2. The normalized spacial score (nSPS) is 26.2. The SMILES string of the molecule is CC(N)C(C)C(=O)N1CCC(N2CCCCC2)CC1. The number of carbonyl (C=O) groups excluding carboxylic acids is 1. The van der Waals surface area contributed by atoms with Crippen LogP contribution < -0.4 is 5.73 Å². The zero-order valence-corrected chi connectivity index (χ0v) is 12.5. The van der Waals surface area contributed by atoms with Gasteiger partial charge in [0.15, 0.2) is 0 Å². The van der Waals surface area contributed by atoms with E-state index >= 15 is 0 Å². The number of hydrogen-bond acceptors (Lipinski definition) is 3. The van der Waals surface area contributed by atoms with Crippen LogP contribution in [-0.4, -0.2) is 54.0 Å². The van der Waals surface area contributed by atoms with Crippen molar-refractivity contribution in [2.45, 2.75) is 58.0 Å². The minimum absolute atomic E-state index is 0.0488. The first-order valence-corrected chi connectivity index (χ1v) is 7.88. The highest BCUT2D eigenvalue weighted by Gasteiger charge is 2.30. The monoisotopic (exact) mass is 267 g/mol. The standard InChI is InChI=1S/C15H29N3O/c1-12(13(2)16)15(19)18-10-6-14(7-11-18)17-8-4-3-5-9-17/h12-14H,3-11,16H2,1-2H3. The number of rotatable bonds is 3. The van der Waals surface area contributed by atoms with Crippen LogP contribution in [-0.2, 0) is 4.79 Å². The fourth-order valence-corrected chi connectivity index (χ4v) is 3.25. The minimum Gasteiger partial charge on any atom is -0.342 e. The molecular weight excluding hydrogens is 238 g/mol. The Balaban J connectivity index is 1.80. The maximum absolute atomic E-state index is 12.3. The highest BCUT2D eigenvalue weighted by atomic mass is 16.2. The first-order chi connectivity index (χ1) is 9.09. The Kier molecular flexibility index (Phi) is 5.22. The second-order valence-corrected chi connectivity index (χ2v) is 6.30. The second-order valence-electron chi connectivity index (χ2n) is 6.30. The van der Waals surface area contributed by atoms with Gasteiger partial charge in [0.25, 0.3) is 0 Å². The maximum Gasteiger partial charge on any atom is 0.226 e. The molecule has 19 heavy (non-hydrogen) atoms. The van der Waals surface area contributed by atoms with E-state index in [9.17, 15) is 4.79 Å². The number of amides is 1. The lowest BCUT2D eigenvalue weighted by atomic mass is 9.97. The third-order valence-electron chi connectivity index (χ3n) is 4.86. The zero-order valence-electron chi connectivity index (χ0n) is 12.5. The fraction of sp³-hybridized carbons (Fsp3) is 0.933. The van der Waals surface area contributed by atoms with Crippen molar-refractivity contribution in [3.8, 4) is 0 Å². The molecule has 2 N–H and O–H groups in total. The van der Waals surface area contributed by atoms with Gasteiger partial charge in [0, 0.05) is 25.2 Å². The molecule has 2 aliphatic heterocycles. The highest BCUT2D eigenvalue weighted by molar-refractivity contribution is 5.79. The van der Waals surface area contributed by atoms with Crippen molar-refractivity contribution < 1.29 is 4.79 Å². The smallest absolute Gasteiger partial charge is 0.226 e. The molecule has 1 amide bonds. The molecule has 0 aromatic carbocycles. The molecule has 0 bridgehead atoms. The Morgan fingerprint density at radius 1 is 1.05 bits per heavy atom. The predicted molar refractivity (Wildman–Crippen MR) is 77.8 cm³/mol. The molecule has 2 aliphatic rings. The fourth-order valence-electron chi connectivity index (χ4n) is 3.25. The summed E-state index contributed by atoms with van der Waals surface area (Å²) in [6, 6.07) is 0.655. The van der Waals surface area contributed by atoms with Gasteiger partial charge in [-0.3, -0.25) is 4.79 Å². The summed E-state index contributed by atoms with van der Waals surface area (Å²) < 4.78 is 0. The van der Waals surface area contributed by atoms with Gasteiger partial charge < -0.3 is 15.5 Å². The van der Waals surface area contributed by atoms with Gasteiger partial charge >= 0.3 is 0 Å². The number of piperidine rings is 2. The number of carbonyl (C=O) groups is 1. The molecule has 2 fully saturated rings. The van der Waals surface area contributed by atoms with Crippen molar-refractivity contribution in [3.63, 3.8) is 0 Å². The molecule has 4 nitrogen and oxygen atoms in total. The lowest BCUT2D eigenvalue weighted by Crippen LogP contribution is -2.50. The van der Waals surface area contributed by atoms with Crippen molar-refractivity contribution in [1.82, 2.24) is 9.80 Å². The van der Waals surface area contributed by atoms with E-state index in [1.54, 1.807) is 0 Å². The summed E-state index contributed by atoms with van der Waals surface area (Å²) in [7, 11) is 0. The van der Waals surface area contributed by atoms with Gasteiger partial charge in [-0.15, -0.1) is 0 Å². The van der Waals surface area contributed by atoms with Crippen molar-refractivity contribution in [2.75, 3.05) is 26.2 Å². The van der Waals surface area contributed by atoms with Crippen molar-refractivity contribution in [2.24, 2.45) is 11.7 Å². The van der Waals surface area contributed by atoms with Gasteiger partial charge in [0.2, 0.25) is 5.91 Å². The van der Waals surface area contributed by atoms with E-state index in [1.165, 1.54) is 32.4 Å². The van der Waals surface area contributed by atoms with Crippen LogP contribution in [0.4, 0.5) is 0 Å². The molecule has 110 valence electrons. The molecule has 4 heteroatoms. The minimum atomic E-state index is -0.0495. The van der Waals surface area contributed by atoms with Crippen LogP contribution in [0.2, 0.25) is 0 Å². The predicted octanol–water partition coefficient (Wildman–Crippen LogP) is 1.45. The Morgan fingerprint density at radius 3 is 2.16 bits per heavy atom. The summed E-state index contributed by atoms with van der Waals surface area (Å²) in [5, 5.41) is 0. The lowest BCUT2D eigenvalue weighted by Gasteiger charge is -2.41. The van der Waals surface area contributed by atoms with Gasteiger partial charge in [0.05, 0.1) is 5.92 Å². The largest absolute Gasteiger partial charge is 0.342 e. The summed E-state index contributed by atoms with van der Waals surface area (Å²) in [5.41, 5.74) is 5.83. The van der Waals surface area contributed by atoms with Crippen LogP contribution in [0.25, 0.3) is 0 Å². The summed E-state index contributed by atoms with van der Waals surface area (Å²) in [6.07, 6.45) is 6.36. The van der Waals surface area contributed by atoms with Crippen molar-refractivity contribution in [1.29, 1.82) is 0 Å². The van der Waals surface area contributed by atoms with E-state index in [1.807, 2.05) is 18.7 Å². The maximum atomic E-state index is 12.3. The quantitative estimate of drug-likeness (QED) is 0.842. The molecule has 0 radical (unpaired) electrons. The number of hydrogen-bond donors (Lipinski definition) is 1. The van der Waals surface area contributed by atoms with Gasteiger partial charge in [-0.25, -0.2) is 0 Å². The van der Waals surface area contributed by atoms with Crippen LogP contribution in [0.5, 0.6) is 0 Å². The number of nitrogens with two attached hydrogens (primary N) is 1. The van der Waals surface area contributed by atoms with Crippen LogP contribution >= 0.6 is 0 Å². The third kappa shape index (κ3) is 3.69. The first-order valence-electron chi connectivity index (χ1n) is 7.88. The molecule has 2 rings (SSSR count). The molecule has 0 aromatic heterocycles.